The van der Waals surface area contributed by atoms with Crippen molar-refractivity contribution in [2.24, 2.45) is 22.7 Å². The van der Waals surface area contributed by atoms with Crippen LogP contribution >= 0.6 is 0 Å². The van der Waals surface area contributed by atoms with Gasteiger partial charge in [-0.2, -0.15) is 26.3 Å². The highest BCUT2D eigenvalue weighted by Crippen LogP contribution is 2.62. The Balaban J connectivity index is 2.35. The molecule has 0 aromatic rings. The van der Waals surface area contributed by atoms with Crippen LogP contribution in [0.5, 0.6) is 0 Å². The molecule has 0 bridgehead atoms. The Morgan fingerprint density at radius 2 is 1.48 bits per heavy atom. The van der Waals surface area contributed by atoms with Crippen LogP contribution in [0.2, 0.25) is 0 Å². The number of aliphatic hydroxyl groups is 3. The first kappa shape index (κ1) is 28.4. The summed E-state index contributed by atoms with van der Waals surface area (Å²) in [6.07, 6.45) is -6.29. The molecule has 0 saturated heterocycles. The van der Waals surface area contributed by atoms with E-state index in [1.807, 2.05) is 6.92 Å². The van der Waals surface area contributed by atoms with Gasteiger partial charge in [0.25, 0.3) is 5.60 Å². The van der Waals surface area contributed by atoms with Crippen LogP contribution in [-0.2, 0) is 0 Å². The maximum atomic E-state index is 13.1. The number of aliphatic hydroxyl groups excluding tert-OH is 1. The van der Waals surface area contributed by atoms with Gasteiger partial charge in [-0.1, -0.05) is 32.8 Å². The van der Waals surface area contributed by atoms with Crippen LogP contribution in [0.15, 0.2) is 12.2 Å². The van der Waals surface area contributed by atoms with Gasteiger partial charge in [-0.3, -0.25) is 0 Å². The molecule has 0 aromatic heterocycles. The first-order chi connectivity index (χ1) is 14.8. The first-order valence-electron chi connectivity index (χ1n) is 11.7. The predicted molar refractivity (Wildman–Crippen MR) is 113 cm³/mol. The minimum absolute atomic E-state index is 0.0127. The zero-order valence-corrected chi connectivity index (χ0v) is 19.9. The van der Waals surface area contributed by atoms with Crippen LogP contribution in [0.4, 0.5) is 26.3 Å². The molecule has 194 valence electrons. The summed E-state index contributed by atoms with van der Waals surface area (Å²) in [6.45, 7) is 7.27. The monoisotopic (exact) mass is 488 g/mol. The van der Waals surface area contributed by atoms with Gasteiger partial charge in [0, 0.05) is 0 Å². The van der Waals surface area contributed by atoms with Gasteiger partial charge >= 0.3 is 12.4 Å². The lowest BCUT2D eigenvalue weighted by Gasteiger charge is -2.50. The molecular formula is C24H38F6O3. The molecule has 3 N–H and O–H groups in total. The minimum Gasteiger partial charge on any atom is -0.393 e. The number of allylic oxidation sites excluding steroid dienone is 1. The Hall–Kier alpha value is -0.800. The average molecular weight is 489 g/mol. The van der Waals surface area contributed by atoms with Crippen LogP contribution in [-0.4, -0.2) is 45.0 Å². The fraction of sp³-hybridized carbons (Fsp3) is 0.917. The Kier molecular flexibility index (Phi) is 8.05. The predicted octanol–water partition coefficient (Wildman–Crippen LogP) is 6.31. The minimum atomic E-state index is -5.89. The van der Waals surface area contributed by atoms with Crippen molar-refractivity contribution in [2.45, 2.75) is 115 Å². The van der Waals surface area contributed by atoms with Gasteiger partial charge in [-0.05, 0) is 87.5 Å². The molecule has 5 atom stereocenters. The quantitative estimate of drug-likeness (QED) is 0.277. The summed E-state index contributed by atoms with van der Waals surface area (Å²) in [5.74, 6) is 0.0393. The largest absolute Gasteiger partial charge is 0.429 e. The lowest BCUT2D eigenvalue weighted by Crippen LogP contribution is -2.55. The zero-order valence-electron chi connectivity index (χ0n) is 19.9. The third-order valence-electron chi connectivity index (χ3n) is 8.27. The molecule has 2 aliphatic carbocycles. The normalized spacial score (nSPS) is 31.6. The van der Waals surface area contributed by atoms with E-state index in [9.17, 15) is 41.7 Å². The van der Waals surface area contributed by atoms with Gasteiger partial charge in [0.05, 0.1) is 11.7 Å². The molecule has 0 aromatic carbocycles. The maximum Gasteiger partial charge on any atom is 0.429 e. The highest BCUT2D eigenvalue weighted by atomic mass is 19.4. The summed E-state index contributed by atoms with van der Waals surface area (Å²) in [6, 6.07) is 0. The van der Waals surface area contributed by atoms with E-state index in [4.69, 9.17) is 0 Å². The third-order valence-corrected chi connectivity index (χ3v) is 8.27. The number of rotatable bonds is 8. The Bertz CT molecular complexity index is 682. The van der Waals surface area contributed by atoms with Gasteiger partial charge < -0.3 is 15.3 Å². The fourth-order valence-electron chi connectivity index (χ4n) is 6.49. The summed E-state index contributed by atoms with van der Waals surface area (Å²) in [5.41, 5.74) is -6.76. The number of halogens is 6. The van der Waals surface area contributed by atoms with E-state index >= 15 is 0 Å². The average Bonchev–Trinajstić information content (AvgIpc) is 2.97. The van der Waals surface area contributed by atoms with E-state index in [0.29, 0.717) is 25.7 Å². The van der Waals surface area contributed by atoms with Gasteiger partial charge in [-0.25, -0.2) is 0 Å². The van der Waals surface area contributed by atoms with Crippen molar-refractivity contribution in [3.63, 3.8) is 0 Å². The van der Waals surface area contributed by atoms with Crippen molar-refractivity contribution >= 4 is 0 Å². The second kappa shape index (κ2) is 9.34. The summed E-state index contributed by atoms with van der Waals surface area (Å²) in [4.78, 5) is 0. The van der Waals surface area contributed by atoms with E-state index < -0.39 is 35.1 Å². The third kappa shape index (κ3) is 5.89. The van der Waals surface area contributed by atoms with Crippen molar-refractivity contribution in [3.05, 3.63) is 12.2 Å². The molecule has 2 saturated carbocycles. The first-order valence-corrected chi connectivity index (χ1v) is 11.7. The van der Waals surface area contributed by atoms with Crippen molar-refractivity contribution in [1.29, 1.82) is 0 Å². The summed E-state index contributed by atoms with van der Waals surface area (Å²) >= 11 is 0. The number of fused-ring (bicyclic) bond motifs is 1. The molecule has 33 heavy (non-hydrogen) atoms. The molecule has 0 unspecified atom stereocenters. The molecule has 0 radical (unpaired) electrons. The summed E-state index contributed by atoms with van der Waals surface area (Å²) in [5, 5.41) is 30.1. The van der Waals surface area contributed by atoms with Crippen molar-refractivity contribution in [3.8, 4) is 0 Å². The fourth-order valence-corrected chi connectivity index (χ4v) is 6.49. The Labute approximate surface area is 192 Å². The molecule has 9 heteroatoms. The van der Waals surface area contributed by atoms with Crippen LogP contribution < -0.4 is 0 Å². The van der Waals surface area contributed by atoms with Crippen LogP contribution in [0.1, 0.15) is 85.5 Å². The highest BCUT2D eigenvalue weighted by Gasteiger charge is 2.69. The van der Waals surface area contributed by atoms with E-state index in [1.165, 1.54) is 0 Å². The number of hydrogen-bond acceptors (Lipinski definition) is 3. The maximum absolute atomic E-state index is 13.1. The van der Waals surface area contributed by atoms with Crippen molar-refractivity contribution in [1.82, 2.24) is 0 Å². The molecule has 0 spiro atoms. The lowest BCUT2D eigenvalue weighted by atomic mass is 9.56. The van der Waals surface area contributed by atoms with E-state index in [0.717, 1.165) is 31.8 Å². The summed E-state index contributed by atoms with van der Waals surface area (Å²) in [7, 11) is 0. The van der Waals surface area contributed by atoms with E-state index in [2.05, 4.69) is 6.92 Å². The van der Waals surface area contributed by atoms with Crippen LogP contribution in [0.3, 0.4) is 0 Å². The standard InChI is InChI=1S/C24H38F6O3/c1-19(2,32)11-6-12-20(3,13-7-15-22(33,23(25,26)27)24(28,29)30)18-10-9-16-17(31)8-5-14-21(16,18)4/h7,15-18,31-33H,5-6,8-14H2,1-4H3/t16-,17-,18+,20-,21-/m0/s1. The Morgan fingerprint density at radius 1 is 0.909 bits per heavy atom. The second-order valence-electron chi connectivity index (χ2n) is 11.4. The molecule has 2 aliphatic rings. The highest BCUT2D eigenvalue weighted by molar-refractivity contribution is 5.13. The second-order valence-corrected chi connectivity index (χ2v) is 11.4. The van der Waals surface area contributed by atoms with Gasteiger partial charge in [-0.15, -0.1) is 0 Å². The van der Waals surface area contributed by atoms with Gasteiger partial charge in [0.2, 0.25) is 0 Å². The van der Waals surface area contributed by atoms with Gasteiger partial charge in [0.1, 0.15) is 0 Å². The molecule has 3 nitrogen and oxygen atoms in total. The van der Waals surface area contributed by atoms with E-state index in [-0.39, 0.29) is 29.7 Å². The van der Waals surface area contributed by atoms with Crippen molar-refractivity contribution < 1.29 is 41.7 Å². The van der Waals surface area contributed by atoms with E-state index in [1.54, 1.807) is 13.8 Å². The molecule has 0 amide bonds. The topological polar surface area (TPSA) is 60.7 Å². The zero-order chi connectivity index (χ0) is 25.5. The van der Waals surface area contributed by atoms with Crippen LogP contribution in [0, 0.1) is 22.7 Å². The smallest absolute Gasteiger partial charge is 0.393 e. The van der Waals surface area contributed by atoms with Crippen LogP contribution in [0.25, 0.3) is 0 Å². The molecule has 0 aliphatic heterocycles. The number of hydrogen-bond donors (Lipinski definition) is 3. The summed E-state index contributed by atoms with van der Waals surface area (Å²) < 4.78 is 78.6. The van der Waals surface area contributed by atoms with Gasteiger partial charge in [0.15, 0.2) is 0 Å². The molecular weight excluding hydrogens is 450 g/mol. The lowest BCUT2D eigenvalue weighted by molar-refractivity contribution is -0.347. The number of alkyl halides is 6. The van der Waals surface area contributed by atoms with Crippen molar-refractivity contribution in [2.75, 3.05) is 0 Å². The molecule has 2 rings (SSSR count). The SMILES string of the molecule is CC(C)(O)CCC[C@@](C)(CC=CC(O)(C(F)(F)F)C(F)(F)F)[C@H]1CC[C@H]2[C@@H](O)CCC[C@]12C. The molecule has 2 fully saturated rings. The Morgan fingerprint density at radius 3 is 2.00 bits per heavy atom. The molecule has 0 heterocycles.